The number of carbonyl (C=O) groups is 1. The topological polar surface area (TPSA) is 97.9 Å². The Morgan fingerprint density at radius 1 is 1.23 bits per heavy atom. The number of hydrogen-bond donors (Lipinski definition) is 3. The van der Waals surface area contributed by atoms with Gasteiger partial charge in [0.05, 0.1) is 29.6 Å². The van der Waals surface area contributed by atoms with Gasteiger partial charge in [-0.25, -0.2) is 19.2 Å². The van der Waals surface area contributed by atoms with Gasteiger partial charge in [-0.1, -0.05) is 13.8 Å². The van der Waals surface area contributed by atoms with E-state index in [0.29, 0.717) is 5.69 Å². The van der Waals surface area contributed by atoms with Gasteiger partial charge in [0.25, 0.3) is 0 Å². The van der Waals surface area contributed by atoms with E-state index in [4.69, 9.17) is 5.73 Å². The molecule has 2 amide bonds. The van der Waals surface area contributed by atoms with E-state index in [0.717, 1.165) is 16.6 Å². The van der Waals surface area contributed by atoms with Crippen molar-refractivity contribution in [3.63, 3.8) is 0 Å². The second kappa shape index (κ2) is 6.99. The molecular weight excluding hydrogens is 335 g/mol. The molecule has 0 aliphatic heterocycles. The van der Waals surface area contributed by atoms with Crippen LogP contribution in [0.15, 0.2) is 36.7 Å². The molecule has 1 atom stereocenters. The largest absolute Gasteiger partial charge is 0.368 e. The lowest BCUT2D eigenvalue weighted by Gasteiger charge is -2.23. The van der Waals surface area contributed by atoms with Gasteiger partial charge in [-0.3, -0.25) is 0 Å². The van der Waals surface area contributed by atoms with Crippen LogP contribution in [0, 0.1) is 11.7 Å². The zero-order chi connectivity index (χ0) is 18.8. The summed E-state index contributed by atoms with van der Waals surface area (Å²) in [5.74, 6) is -0.0320. The van der Waals surface area contributed by atoms with Crippen molar-refractivity contribution in [1.29, 1.82) is 0 Å². The molecule has 0 aliphatic carbocycles. The van der Waals surface area contributed by atoms with Crippen LogP contribution in [0.2, 0.25) is 0 Å². The van der Waals surface area contributed by atoms with E-state index in [1.807, 2.05) is 31.5 Å². The first-order chi connectivity index (χ1) is 12.3. The molecule has 26 heavy (non-hydrogen) atoms. The fourth-order valence-corrected chi connectivity index (χ4v) is 2.92. The fraction of sp³-hybridized carbons (Fsp3) is 0.278. The molecule has 8 heteroatoms. The molecule has 1 unspecified atom stereocenters. The van der Waals surface area contributed by atoms with E-state index in [2.05, 4.69) is 20.6 Å². The average Bonchev–Trinajstić information content (AvgIpc) is 2.91. The molecular formula is C18H21FN6O. The van der Waals surface area contributed by atoms with E-state index in [1.54, 1.807) is 6.07 Å². The molecule has 4 N–H and O–H groups in total. The lowest BCUT2D eigenvalue weighted by molar-refractivity contribution is 0.244. The van der Waals surface area contributed by atoms with Crippen molar-refractivity contribution in [3.8, 4) is 0 Å². The van der Waals surface area contributed by atoms with Crippen molar-refractivity contribution in [2.45, 2.75) is 19.9 Å². The summed E-state index contributed by atoms with van der Waals surface area (Å²) >= 11 is 0. The molecule has 0 aliphatic rings. The van der Waals surface area contributed by atoms with Gasteiger partial charge in [-0.05, 0) is 30.2 Å². The van der Waals surface area contributed by atoms with E-state index >= 15 is 0 Å². The number of halogens is 1. The first kappa shape index (κ1) is 17.7. The third-order valence-corrected chi connectivity index (χ3v) is 4.25. The standard InChI is InChI=1S/C18H21FN6O/c1-10(2)16(24-18(26)23-13-8-21-17(20)22-9-13)15-6-11-4-5-12(19)7-14(11)25(15)3/h4-10,16H,1-3H3,(H2,20,21,22)(H2,23,24,26). The van der Waals surface area contributed by atoms with Gasteiger partial charge in [0.1, 0.15) is 5.82 Å². The highest BCUT2D eigenvalue weighted by Gasteiger charge is 2.22. The van der Waals surface area contributed by atoms with Crippen LogP contribution in [0.3, 0.4) is 0 Å². The number of hydrogen-bond acceptors (Lipinski definition) is 4. The molecule has 0 spiro atoms. The summed E-state index contributed by atoms with van der Waals surface area (Å²) in [4.78, 5) is 20.1. The molecule has 0 bridgehead atoms. The van der Waals surface area contributed by atoms with Gasteiger partial charge < -0.3 is 20.9 Å². The molecule has 0 radical (unpaired) electrons. The van der Waals surface area contributed by atoms with Crippen LogP contribution in [0.4, 0.5) is 20.8 Å². The van der Waals surface area contributed by atoms with Gasteiger partial charge in [0.2, 0.25) is 5.95 Å². The van der Waals surface area contributed by atoms with E-state index in [9.17, 15) is 9.18 Å². The van der Waals surface area contributed by atoms with Gasteiger partial charge in [0, 0.05) is 18.1 Å². The van der Waals surface area contributed by atoms with Crippen LogP contribution < -0.4 is 16.4 Å². The highest BCUT2D eigenvalue weighted by molar-refractivity contribution is 5.89. The number of benzene rings is 1. The minimum absolute atomic E-state index is 0.122. The molecule has 2 aromatic heterocycles. The Labute approximate surface area is 150 Å². The minimum Gasteiger partial charge on any atom is -0.368 e. The number of nitrogen functional groups attached to an aromatic ring is 1. The second-order valence-corrected chi connectivity index (χ2v) is 6.48. The first-order valence-corrected chi connectivity index (χ1v) is 8.25. The Bertz CT molecular complexity index is 935. The van der Waals surface area contributed by atoms with Crippen LogP contribution in [-0.4, -0.2) is 20.6 Å². The predicted molar refractivity (Wildman–Crippen MR) is 99.1 cm³/mol. The molecule has 0 fully saturated rings. The summed E-state index contributed by atoms with van der Waals surface area (Å²) in [6, 6.07) is 5.97. The van der Waals surface area contributed by atoms with Crippen molar-refractivity contribution >= 4 is 28.6 Å². The fourth-order valence-electron chi connectivity index (χ4n) is 2.92. The molecule has 0 saturated heterocycles. The monoisotopic (exact) mass is 356 g/mol. The molecule has 2 heterocycles. The lowest BCUT2D eigenvalue weighted by atomic mass is 10.0. The molecule has 136 valence electrons. The highest BCUT2D eigenvalue weighted by atomic mass is 19.1. The van der Waals surface area contributed by atoms with Crippen LogP contribution in [0.5, 0.6) is 0 Å². The summed E-state index contributed by atoms with van der Waals surface area (Å²) in [5, 5.41) is 6.57. The van der Waals surface area contributed by atoms with Crippen molar-refractivity contribution in [1.82, 2.24) is 19.9 Å². The molecule has 0 saturated carbocycles. The minimum atomic E-state index is -0.381. The number of fused-ring (bicyclic) bond motifs is 1. The van der Waals surface area contributed by atoms with Gasteiger partial charge in [-0.2, -0.15) is 0 Å². The van der Waals surface area contributed by atoms with Crippen LogP contribution in [-0.2, 0) is 7.05 Å². The van der Waals surface area contributed by atoms with Crippen molar-refractivity contribution < 1.29 is 9.18 Å². The van der Waals surface area contributed by atoms with Gasteiger partial charge in [0.15, 0.2) is 0 Å². The highest BCUT2D eigenvalue weighted by Crippen LogP contribution is 2.28. The molecule has 1 aromatic carbocycles. The maximum absolute atomic E-state index is 13.6. The number of nitrogens with zero attached hydrogens (tertiary/aromatic N) is 3. The summed E-state index contributed by atoms with van der Waals surface area (Å²) in [5.41, 5.74) is 7.55. The zero-order valence-electron chi connectivity index (χ0n) is 14.8. The number of carbonyl (C=O) groups excluding carboxylic acids is 1. The Morgan fingerprint density at radius 2 is 1.92 bits per heavy atom. The summed E-state index contributed by atoms with van der Waals surface area (Å²) < 4.78 is 15.5. The van der Waals surface area contributed by atoms with E-state index in [1.165, 1.54) is 24.5 Å². The number of anilines is 2. The van der Waals surface area contributed by atoms with Gasteiger partial charge >= 0.3 is 6.03 Å². The summed E-state index contributed by atoms with van der Waals surface area (Å²) in [7, 11) is 1.86. The Kier molecular flexibility index (Phi) is 4.75. The number of nitrogens with two attached hydrogens (primary N) is 1. The number of aromatic nitrogens is 3. The van der Waals surface area contributed by atoms with Crippen molar-refractivity contribution in [3.05, 3.63) is 48.2 Å². The number of amides is 2. The number of rotatable bonds is 4. The average molecular weight is 356 g/mol. The van der Waals surface area contributed by atoms with Crippen LogP contribution in [0.25, 0.3) is 10.9 Å². The Hall–Kier alpha value is -3.16. The molecule has 7 nitrogen and oxygen atoms in total. The third kappa shape index (κ3) is 3.58. The lowest BCUT2D eigenvalue weighted by Crippen LogP contribution is -2.36. The normalized spacial score (nSPS) is 12.3. The number of aryl methyl sites for hydroxylation is 1. The first-order valence-electron chi connectivity index (χ1n) is 8.25. The third-order valence-electron chi connectivity index (χ3n) is 4.25. The van der Waals surface area contributed by atoms with Crippen LogP contribution in [0.1, 0.15) is 25.6 Å². The summed E-state index contributed by atoms with van der Waals surface area (Å²) in [6.45, 7) is 4.02. The Balaban J connectivity index is 1.84. The SMILES string of the molecule is CC(C)C(NC(=O)Nc1cnc(N)nc1)c1cc2ccc(F)cc2n1C. The number of nitrogens with one attached hydrogen (secondary N) is 2. The second-order valence-electron chi connectivity index (χ2n) is 6.48. The summed E-state index contributed by atoms with van der Waals surface area (Å²) in [6.07, 6.45) is 2.87. The van der Waals surface area contributed by atoms with Crippen molar-refractivity contribution in [2.24, 2.45) is 13.0 Å². The van der Waals surface area contributed by atoms with Gasteiger partial charge in [-0.15, -0.1) is 0 Å². The van der Waals surface area contributed by atoms with E-state index < -0.39 is 0 Å². The number of urea groups is 1. The zero-order valence-corrected chi connectivity index (χ0v) is 14.8. The van der Waals surface area contributed by atoms with Crippen LogP contribution >= 0.6 is 0 Å². The predicted octanol–water partition coefficient (Wildman–Crippen LogP) is 3.21. The maximum Gasteiger partial charge on any atom is 0.319 e. The Morgan fingerprint density at radius 3 is 2.58 bits per heavy atom. The maximum atomic E-state index is 13.6. The molecule has 3 rings (SSSR count). The quantitative estimate of drug-likeness (QED) is 0.668. The van der Waals surface area contributed by atoms with Crippen molar-refractivity contribution in [2.75, 3.05) is 11.1 Å². The smallest absolute Gasteiger partial charge is 0.319 e. The molecule has 3 aromatic rings. The van der Waals surface area contributed by atoms with E-state index in [-0.39, 0.29) is 29.8 Å².